The topological polar surface area (TPSA) is 59.9 Å². The van der Waals surface area contributed by atoms with Crippen molar-refractivity contribution in [2.45, 2.75) is 0 Å². The van der Waals surface area contributed by atoms with Crippen LogP contribution in [-0.2, 0) is 0 Å². The van der Waals surface area contributed by atoms with E-state index >= 15 is 0 Å². The van der Waals surface area contributed by atoms with Crippen molar-refractivity contribution in [3.05, 3.63) is 58.9 Å². The first-order valence-corrected chi connectivity index (χ1v) is 4.78. The third-order valence-corrected chi connectivity index (χ3v) is 2.64. The van der Waals surface area contributed by atoms with Crippen molar-refractivity contribution in [1.82, 2.24) is 10.2 Å². The number of ketones is 2. The second kappa shape index (κ2) is 3.06. The first-order chi connectivity index (χ1) is 7.79. The van der Waals surface area contributed by atoms with Crippen LogP contribution in [0.25, 0.3) is 0 Å². The van der Waals surface area contributed by atoms with Gasteiger partial charge in [0, 0.05) is 11.1 Å². The highest BCUT2D eigenvalue weighted by molar-refractivity contribution is 6.28. The lowest BCUT2D eigenvalue weighted by molar-refractivity contribution is 0.0978. The van der Waals surface area contributed by atoms with Gasteiger partial charge in [-0.2, -0.15) is 10.2 Å². The second-order valence-corrected chi connectivity index (χ2v) is 3.52. The normalized spacial score (nSPS) is 13.2. The highest BCUT2D eigenvalue weighted by atomic mass is 16.1. The van der Waals surface area contributed by atoms with Crippen LogP contribution in [0.1, 0.15) is 31.8 Å². The Bertz CT molecular complexity index is 514. The molecule has 0 fully saturated rings. The molecule has 2 aromatic rings. The van der Waals surface area contributed by atoms with Crippen molar-refractivity contribution in [3.63, 3.8) is 0 Å². The van der Waals surface area contributed by atoms with Crippen molar-refractivity contribution in [1.29, 1.82) is 0 Å². The molecule has 0 atom stereocenters. The molecule has 1 aliphatic rings. The second-order valence-electron chi connectivity index (χ2n) is 3.52. The van der Waals surface area contributed by atoms with Gasteiger partial charge in [-0.15, -0.1) is 0 Å². The Morgan fingerprint density at radius 2 is 1.12 bits per heavy atom. The minimum Gasteiger partial charge on any atom is -0.288 e. The van der Waals surface area contributed by atoms with E-state index in [0.29, 0.717) is 22.3 Å². The van der Waals surface area contributed by atoms with Gasteiger partial charge in [-0.05, 0) is 0 Å². The van der Waals surface area contributed by atoms with Crippen LogP contribution in [-0.4, -0.2) is 21.8 Å². The Kier molecular flexibility index (Phi) is 1.71. The zero-order valence-electron chi connectivity index (χ0n) is 8.18. The number of nitrogens with zero attached hydrogens (tertiary/aromatic N) is 2. The van der Waals surface area contributed by atoms with Crippen molar-refractivity contribution < 1.29 is 9.59 Å². The summed E-state index contributed by atoms with van der Waals surface area (Å²) in [5, 5.41) is 7.27. The van der Waals surface area contributed by atoms with E-state index in [0.717, 1.165) is 0 Å². The first kappa shape index (κ1) is 8.91. The number of benzene rings is 1. The molecule has 0 unspecified atom stereocenters. The number of hydrogen-bond acceptors (Lipinski definition) is 4. The van der Waals surface area contributed by atoms with Gasteiger partial charge < -0.3 is 0 Å². The predicted molar refractivity (Wildman–Crippen MR) is 55.3 cm³/mol. The van der Waals surface area contributed by atoms with Gasteiger partial charge in [0.25, 0.3) is 0 Å². The molecule has 0 saturated carbocycles. The summed E-state index contributed by atoms with van der Waals surface area (Å²) < 4.78 is 0. The molecule has 16 heavy (non-hydrogen) atoms. The zero-order valence-corrected chi connectivity index (χ0v) is 8.18. The van der Waals surface area contributed by atoms with Crippen LogP contribution >= 0.6 is 0 Å². The molecular weight excluding hydrogens is 204 g/mol. The fourth-order valence-electron chi connectivity index (χ4n) is 1.85. The van der Waals surface area contributed by atoms with Gasteiger partial charge in [-0.1, -0.05) is 24.3 Å². The summed E-state index contributed by atoms with van der Waals surface area (Å²) in [7, 11) is 0. The molecule has 0 radical (unpaired) electrons. The van der Waals surface area contributed by atoms with E-state index in [1.54, 1.807) is 24.3 Å². The summed E-state index contributed by atoms with van der Waals surface area (Å²) in [4.78, 5) is 24.1. The van der Waals surface area contributed by atoms with E-state index in [2.05, 4.69) is 10.2 Å². The van der Waals surface area contributed by atoms with Crippen LogP contribution in [0.4, 0.5) is 0 Å². The van der Waals surface area contributed by atoms with E-state index in [1.807, 2.05) is 0 Å². The van der Waals surface area contributed by atoms with E-state index in [-0.39, 0.29) is 11.6 Å². The third-order valence-electron chi connectivity index (χ3n) is 2.64. The number of rotatable bonds is 0. The largest absolute Gasteiger partial charge is 0.288 e. The zero-order chi connectivity index (χ0) is 11.1. The maximum atomic E-state index is 12.0. The molecule has 0 spiro atoms. The summed E-state index contributed by atoms with van der Waals surface area (Å²) >= 11 is 0. The van der Waals surface area contributed by atoms with Gasteiger partial charge in [0.1, 0.15) is 0 Å². The fourth-order valence-corrected chi connectivity index (χ4v) is 1.85. The molecule has 0 saturated heterocycles. The van der Waals surface area contributed by atoms with Gasteiger partial charge in [0.05, 0.1) is 23.5 Å². The Morgan fingerprint density at radius 3 is 1.56 bits per heavy atom. The summed E-state index contributed by atoms with van der Waals surface area (Å²) in [6, 6.07) is 6.78. The maximum Gasteiger partial charge on any atom is 0.196 e. The molecule has 1 aliphatic carbocycles. The Morgan fingerprint density at radius 1 is 0.688 bits per heavy atom. The van der Waals surface area contributed by atoms with E-state index < -0.39 is 0 Å². The number of aromatic nitrogens is 2. The van der Waals surface area contributed by atoms with Crippen molar-refractivity contribution in [3.8, 4) is 0 Å². The van der Waals surface area contributed by atoms with Gasteiger partial charge in [-0.25, -0.2) is 0 Å². The molecule has 0 amide bonds. The molecule has 1 aromatic carbocycles. The minimum atomic E-state index is -0.167. The SMILES string of the molecule is O=C1c2ccccc2C(=O)c2cnncc21. The van der Waals surface area contributed by atoms with E-state index in [9.17, 15) is 9.59 Å². The van der Waals surface area contributed by atoms with Crippen molar-refractivity contribution >= 4 is 11.6 Å². The number of fused-ring (bicyclic) bond motifs is 2. The van der Waals surface area contributed by atoms with Crippen LogP contribution in [0.3, 0.4) is 0 Å². The Hall–Kier alpha value is -2.36. The molecule has 1 heterocycles. The molecule has 4 heteroatoms. The van der Waals surface area contributed by atoms with Crippen LogP contribution in [0.5, 0.6) is 0 Å². The fraction of sp³-hybridized carbons (Fsp3) is 0. The van der Waals surface area contributed by atoms with Gasteiger partial charge >= 0.3 is 0 Å². The first-order valence-electron chi connectivity index (χ1n) is 4.78. The molecule has 3 rings (SSSR count). The molecule has 0 N–H and O–H groups in total. The molecule has 1 aromatic heterocycles. The lowest BCUT2D eigenvalue weighted by atomic mass is 9.86. The summed E-state index contributed by atoms with van der Waals surface area (Å²) in [5.74, 6) is -0.333. The quantitative estimate of drug-likeness (QED) is 0.560. The van der Waals surface area contributed by atoms with Crippen LogP contribution in [0, 0.1) is 0 Å². The smallest absolute Gasteiger partial charge is 0.196 e. The minimum absolute atomic E-state index is 0.167. The van der Waals surface area contributed by atoms with E-state index in [1.165, 1.54) is 12.4 Å². The molecule has 0 aliphatic heterocycles. The van der Waals surface area contributed by atoms with Crippen LogP contribution in [0.15, 0.2) is 36.7 Å². The van der Waals surface area contributed by atoms with Crippen molar-refractivity contribution in [2.75, 3.05) is 0 Å². The molecular formula is C12H6N2O2. The average molecular weight is 210 g/mol. The van der Waals surface area contributed by atoms with Crippen molar-refractivity contribution in [2.24, 2.45) is 0 Å². The monoisotopic (exact) mass is 210 g/mol. The number of carbonyl (C=O) groups excluding carboxylic acids is 2. The van der Waals surface area contributed by atoms with Crippen LogP contribution < -0.4 is 0 Å². The third kappa shape index (κ3) is 1.04. The standard InChI is InChI=1S/C12H6N2O2/c15-11-7-3-1-2-4-8(7)12(16)10-6-14-13-5-9(10)11/h1-6H. The average Bonchev–Trinajstić information content (AvgIpc) is 2.36. The highest BCUT2D eigenvalue weighted by Gasteiger charge is 2.29. The number of hydrogen-bond donors (Lipinski definition) is 0. The Labute approximate surface area is 90.9 Å². The summed E-state index contributed by atoms with van der Waals surface area (Å²) in [6.07, 6.45) is 2.68. The summed E-state index contributed by atoms with van der Waals surface area (Å²) in [6.45, 7) is 0. The molecule has 0 bridgehead atoms. The van der Waals surface area contributed by atoms with Gasteiger partial charge in [0.2, 0.25) is 0 Å². The summed E-state index contributed by atoms with van der Waals surface area (Å²) in [5.41, 5.74) is 1.54. The van der Waals surface area contributed by atoms with Gasteiger partial charge in [-0.3, -0.25) is 9.59 Å². The maximum absolute atomic E-state index is 12.0. The highest BCUT2D eigenvalue weighted by Crippen LogP contribution is 2.25. The number of carbonyl (C=O) groups is 2. The van der Waals surface area contributed by atoms with Gasteiger partial charge in [0.15, 0.2) is 11.6 Å². The molecule has 76 valence electrons. The van der Waals surface area contributed by atoms with Crippen LogP contribution in [0.2, 0.25) is 0 Å². The molecule has 4 nitrogen and oxygen atoms in total. The Balaban J connectivity index is 2.35. The lowest BCUT2D eigenvalue weighted by Gasteiger charge is -2.15. The lowest BCUT2D eigenvalue weighted by Crippen LogP contribution is -2.21. The predicted octanol–water partition coefficient (Wildman–Crippen LogP) is 1.25. The van der Waals surface area contributed by atoms with E-state index in [4.69, 9.17) is 0 Å².